The van der Waals surface area contributed by atoms with Crippen molar-refractivity contribution in [1.29, 1.82) is 0 Å². The van der Waals surface area contributed by atoms with Crippen molar-refractivity contribution in [1.82, 2.24) is 5.32 Å². The van der Waals surface area contributed by atoms with Gasteiger partial charge in [-0.3, -0.25) is 0 Å². The fourth-order valence-electron chi connectivity index (χ4n) is 3.35. The normalized spacial score (nSPS) is 17.3. The number of hydrogen-bond acceptors (Lipinski definition) is 2. The lowest BCUT2D eigenvalue weighted by Gasteiger charge is -2.20. The van der Waals surface area contributed by atoms with E-state index in [2.05, 4.69) is 36.5 Å². The molecule has 0 aromatic heterocycles. The molecule has 0 bridgehead atoms. The first-order valence-electron chi connectivity index (χ1n) is 8.18. The van der Waals surface area contributed by atoms with Crippen molar-refractivity contribution in [3.8, 4) is 5.75 Å². The largest absolute Gasteiger partial charge is 0.497 e. The number of nitrogens with one attached hydrogen (secondary N) is 1. The van der Waals surface area contributed by atoms with Crippen LogP contribution < -0.4 is 10.1 Å². The molecule has 0 aliphatic heterocycles. The summed E-state index contributed by atoms with van der Waals surface area (Å²) in [7, 11) is 1.72. The van der Waals surface area contributed by atoms with Crippen LogP contribution in [-0.2, 0) is 6.42 Å². The minimum atomic E-state index is 0.619. The molecule has 0 radical (unpaired) electrons. The summed E-state index contributed by atoms with van der Waals surface area (Å²) in [5.74, 6) is 1.94. The average Bonchev–Trinajstić information content (AvgIpc) is 2.99. The van der Waals surface area contributed by atoms with Crippen LogP contribution in [0.3, 0.4) is 0 Å². The monoisotopic (exact) mass is 275 g/mol. The summed E-state index contributed by atoms with van der Waals surface area (Å²) in [6.45, 7) is 3.27. The lowest BCUT2D eigenvalue weighted by molar-refractivity contribution is 0.406. The minimum Gasteiger partial charge on any atom is -0.497 e. The van der Waals surface area contributed by atoms with Crippen molar-refractivity contribution in [3.05, 3.63) is 29.8 Å². The summed E-state index contributed by atoms with van der Waals surface area (Å²) in [6, 6.07) is 9.14. The number of rotatable bonds is 8. The second kappa shape index (κ2) is 8.31. The molecule has 0 saturated heterocycles. The Hall–Kier alpha value is -1.02. The third-order valence-corrected chi connectivity index (χ3v) is 4.53. The summed E-state index contributed by atoms with van der Waals surface area (Å²) in [6.07, 6.45) is 9.66. The van der Waals surface area contributed by atoms with E-state index in [0.29, 0.717) is 6.04 Å². The minimum absolute atomic E-state index is 0.619. The fraction of sp³-hybridized carbons (Fsp3) is 0.667. The van der Waals surface area contributed by atoms with Crippen LogP contribution in [0.2, 0.25) is 0 Å². The zero-order valence-corrected chi connectivity index (χ0v) is 13.0. The highest BCUT2D eigenvalue weighted by molar-refractivity contribution is 5.27. The van der Waals surface area contributed by atoms with E-state index in [-0.39, 0.29) is 0 Å². The maximum Gasteiger partial charge on any atom is 0.118 e. The number of ether oxygens (including phenoxy) is 1. The second-order valence-electron chi connectivity index (χ2n) is 6.03. The third kappa shape index (κ3) is 4.82. The second-order valence-corrected chi connectivity index (χ2v) is 6.03. The molecule has 0 spiro atoms. The van der Waals surface area contributed by atoms with E-state index >= 15 is 0 Å². The van der Waals surface area contributed by atoms with Gasteiger partial charge in [0.2, 0.25) is 0 Å². The van der Waals surface area contributed by atoms with E-state index in [4.69, 9.17) is 4.74 Å². The van der Waals surface area contributed by atoms with Crippen LogP contribution in [0.5, 0.6) is 5.75 Å². The SMILES string of the molecule is CCNC(CCC1CCCC1)Cc1ccc(OC)cc1. The van der Waals surface area contributed by atoms with Gasteiger partial charge in [-0.25, -0.2) is 0 Å². The summed E-state index contributed by atoms with van der Waals surface area (Å²) in [5, 5.41) is 3.65. The van der Waals surface area contributed by atoms with E-state index in [1.54, 1.807) is 7.11 Å². The zero-order valence-electron chi connectivity index (χ0n) is 13.0. The van der Waals surface area contributed by atoms with Crippen LogP contribution in [0.25, 0.3) is 0 Å². The first kappa shape index (κ1) is 15.4. The lowest BCUT2D eigenvalue weighted by atomic mass is 9.95. The maximum atomic E-state index is 5.22. The highest BCUT2D eigenvalue weighted by Crippen LogP contribution is 2.29. The van der Waals surface area contributed by atoms with Crippen LogP contribution in [0.15, 0.2) is 24.3 Å². The molecule has 1 aromatic carbocycles. The average molecular weight is 275 g/mol. The Kier molecular flexibility index (Phi) is 6.38. The molecule has 1 unspecified atom stereocenters. The predicted molar refractivity (Wildman–Crippen MR) is 85.4 cm³/mol. The molecule has 1 atom stereocenters. The van der Waals surface area contributed by atoms with Crippen molar-refractivity contribution in [2.75, 3.05) is 13.7 Å². The van der Waals surface area contributed by atoms with Crippen molar-refractivity contribution in [2.24, 2.45) is 5.92 Å². The number of likely N-dealkylation sites (N-methyl/N-ethyl adjacent to an activating group) is 1. The molecule has 2 rings (SSSR count). The van der Waals surface area contributed by atoms with Gasteiger partial charge in [0.25, 0.3) is 0 Å². The summed E-state index contributed by atoms with van der Waals surface area (Å²) in [5.41, 5.74) is 1.41. The first-order chi connectivity index (χ1) is 9.81. The molecule has 1 fully saturated rings. The molecule has 1 saturated carbocycles. The van der Waals surface area contributed by atoms with Crippen molar-refractivity contribution in [3.63, 3.8) is 0 Å². The van der Waals surface area contributed by atoms with Crippen molar-refractivity contribution in [2.45, 2.75) is 57.9 Å². The summed E-state index contributed by atoms with van der Waals surface area (Å²) in [4.78, 5) is 0. The van der Waals surface area contributed by atoms with Gasteiger partial charge in [0.15, 0.2) is 0 Å². The Morgan fingerprint density at radius 3 is 2.50 bits per heavy atom. The summed E-state index contributed by atoms with van der Waals surface area (Å²) < 4.78 is 5.22. The van der Waals surface area contributed by atoms with Crippen LogP contribution in [0, 0.1) is 5.92 Å². The van der Waals surface area contributed by atoms with Crippen LogP contribution in [0.4, 0.5) is 0 Å². The van der Waals surface area contributed by atoms with Gasteiger partial charge in [0.1, 0.15) is 5.75 Å². The van der Waals surface area contributed by atoms with Gasteiger partial charge < -0.3 is 10.1 Å². The van der Waals surface area contributed by atoms with Crippen molar-refractivity contribution >= 4 is 0 Å². The van der Waals surface area contributed by atoms with E-state index in [0.717, 1.165) is 24.6 Å². The maximum absolute atomic E-state index is 5.22. The quantitative estimate of drug-likeness (QED) is 0.768. The van der Waals surface area contributed by atoms with Crippen molar-refractivity contribution < 1.29 is 4.74 Å². The fourth-order valence-corrected chi connectivity index (χ4v) is 3.35. The Balaban J connectivity index is 1.83. The highest BCUT2D eigenvalue weighted by atomic mass is 16.5. The standard InChI is InChI=1S/C18H29NO/c1-3-19-17(11-8-15-6-4-5-7-15)14-16-9-12-18(20-2)13-10-16/h9-10,12-13,15,17,19H,3-8,11,14H2,1-2H3. The molecule has 1 aliphatic rings. The van der Waals surface area contributed by atoms with Crippen LogP contribution in [0.1, 0.15) is 51.0 Å². The number of hydrogen-bond donors (Lipinski definition) is 1. The van der Waals surface area contributed by atoms with Gasteiger partial charge in [0, 0.05) is 6.04 Å². The van der Waals surface area contributed by atoms with Crippen LogP contribution >= 0.6 is 0 Å². The predicted octanol–water partition coefficient (Wildman–Crippen LogP) is 4.19. The van der Waals surface area contributed by atoms with Gasteiger partial charge >= 0.3 is 0 Å². The molecule has 1 aliphatic carbocycles. The molecular weight excluding hydrogens is 246 g/mol. The molecule has 20 heavy (non-hydrogen) atoms. The Morgan fingerprint density at radius 2 is 1.90 bits per heavy atom. The molecule has 1 N–H and O–H groups in total. The van der Waals surface area contributed by atoms with Crippen LogP contribution in [-0.4, -0.2) is 19.7 Å². The van der Waals surface area contributed by atoms with E-state index in [9.17, 15) is 0 Å². The van der Waals surface area contributed by atoms with Gasteiger partial charge in [-0.05, 0) is 49.4 Å². The molecule has 0 amide bonds. The van der Waals surface area contributed by atoms with E-state index in [1.165, 1.54) is 44.1 Å². The molecular formula is C18H29NO. The lowest BCUT2D eigenvalue weighted by Crippen LogP contribution is -2.31. The highest BCUT2D eigenvalue weighted by Gasteiger charge is 2.17. The summed E-state index contributed by atoms with van der Waals surface area (Å²) >= 11 is 0. The first-order valence-corrected chi connectivity index (χ1v) is 8.18. The molecule has 112 valence electrons. The Bertz CT molecular complexity index is 368. The zero-order chi connectivity index (χ0) is 14.2. The van der Waals surface area contributed by atoms with Gasteiger partial charge in [-0.15, -0.1) is 0 Å². The van der Waals surface area contributed by atoms with Gasteiger partial charge in [0.05, 0.1) is 7.11 Å². The smallest absolute Gasteiger partial charge is 0.118 e. The Labute approximate surface area is 123 Å². The molecule has 2 heteroatoms. The van der Waals surface area contributed by atoms with E-state index in [1.807, 2.05) is 0 Å². The molecule has 0 heterocycles. The third-order valence-electron chi connectivity index (χ3n) is 4.53. The van der Waals surface area contributed by atoms with Gasteiger partial charge in [-0.2, -0.15) is 0 Å². The number of benzene rings is 1. The van der Waals surface area contributed by atoms with E-state index < -0.39 is 0 Å². The van der Waals surface area contributed by atoms with Gasteiger partial charge in [-0.1, -0.05) is 44.7 Å². The number of methoxy groups -OCH3 is 1. The molecule has 2 nitrogen and oxygen atoms in total. The molecule has 1 aromatic rings. The topological polar surface area (TPSA) is 21.3 Å². The Morgan fingerprint density at radius 1 is 1.20 bits per heavy atom.